The van der Waals surface area contributed by atoms with Crippen molar-refractivity contribution in [1.82, 2.24) is 15.2 Å². The number of rotatable bonds is 6. The lowest BCUT2D eigenvalue weighted by atomic mass is 9.97. The van der Waals surface area contributed by atoms with Gasteiger partial charge in [0.15, 0.2) is 0 Å². The van der Waals surface area contributed by atoms with Crippen LogP contribution in [0.15, 0.2) is 53.6 Å². The lowest BCUT2D eigenvalue weighted by Gasteiger charge is -2.26. The number of hydrazone groups is 1. The van der Waals surface area contributed by atoms with Gasteiger partial charge in [-0.15, -0.1) is 0 Å². The molecule has 0 bridgehead atoms. The fraction of sp³-hybridized carbons (Fsp3) is 0.348. The first-order valence-electron chi connectivity index (χ1n) is 10.1. The van der Waals surface area contributed by atoms with Gasteiger partial charge in [-0.25, -0.2) is 9.80 Å². The first kappa shape index (κ1) is 22.6. The molecular formula is C23H27ClN4O3. The largest absolute Gasteiger partial charge is 0.496 e. The molecule has 0 saturated carbocycles. The number of halogens is 1. The highest BCUT2D eigenvalue weighted by atomic mass is 35.5. The van der Waals surface area contributed by atoms with Gasteiger partial charge in [-0.1, -0.05) is 48.0 Å². The van der Waals surface area contributed by atoms with E-state index >= 15 is 0 Å². The number of methoxy groups -OCH3 is 1. The first-order chi connectivity index (χ1) is 14.8. The number of ether oxygens (including phenoxy) is 1. The maximum Gasteiger partial charge on any atom is 0.317 e. The third-order valence-electron chi connectivity index (χ3n) is 4.98. The summed E-state index contributed by atoms with van der Waals surface area (Å²) in [7, 11) is 3.18. The number of nitrogens with one attached hydrogen (secondary N) is 1. The number of nitrogens with zero attached hydrogens (tertiary/aromatic N) is 3. The summed E-state index contributed by atoms with van der Waals surface area (Å²) in [6, 6.07) is 14.3. The SMILES string of the molecule is COc1ccccc1[C@H]1CC(c2ccccc2Cl)=NN1C(=O)CN(C)C(=O)NC(C)C. The van der Waals surface area contributed by atoms with E-state index in [2.05, 4.69) is 10.4 Å². The standard InChI is InChI=1S/C23H27ClN4O3/c1-15(2)25-23(30)27(3)14-22(29)28-20(17-10-6-8-12-21(17)31-4)13-19(26-28)16-9-5-7-11-18(16)24/h5-12,15,20H,13-14H2,1-4H3,(H,25,30)/t20-/m1/s1. The minimum Gasteiger partial charge on any atom is -0.496 e. The fourth-order valence-corrected chi connectivity index (χ4v) is 3.73. The molecule has 3 amide bonds. The molecule has 1 N–H and O–H groups in total. The van der Waals surface area contributed by atoms with Gasteiger partial charge in [0, 0.05) is 35.7 Å². The minimum absolute atomic E-state index is 0.0250. The number of benzene rings is 2. The number of carbonyl (C=O) groups excluding carboxylic acids is 2. The molecule has 164 valence electrons. The van der Waals surface area contributed by atoms with Crippen molar-refractivity contribution in [1.29, 1.82) is 0 Å². The van der Waals surface area contributed by atoms with Gasteiger partial charge in [0.1, 0.15) is 12.3 Å². The van der Waals surface area contributed by atoms with Crippen molar-refractivity contribution in [2.24, 2.45) is 5.10 Å². The van der Waals surface area contributed by atoms with Crippen LogP contribution in [-0.2, 0) is 4.79 Å². The Labute approximate surface area is 187 Å². The third-order valence-corrected chi connectivity index (χ3v) is 5.31. The van der Waals surface area contributed by atoms with Crippen LogP contribution in [-0.4, -0.2) is 54.3 Å². The van der Waals surface area contributed by atoms with Gasteiger partial charge in [0.05, 0.1) is 18.9 Å². The second-order valence-corrected chi connectivity index (χ2v) is 8.09. The van der Waals surface area contributed by atoms with Crippen molar-refractivity contribution in [2.45, 2.75) is 32.4 Å². The van der Waals surface area contributed by atoms with E-state index in [1.54, 1.807) is 20.2 Å². The van der Waals surface area contributed by atoms with Crippen LogP contribution in [0.25, 0.3) is 0 Å². The normalized spacial score (nSPS) is 15.6. The Bertz CT molecular complexity index is 992. The van der Waals surface area contributed by atoms with Gasteiger partial charge in [0.2, 0.25) is 0 Å². The Kier molecular flexibility index (Phi) is 7.17. The average molecular weight is 443 g/mol. The van der Waals surface area contributed by atoms with E-state index in [0.717, 1.165) is 11.1 Å². The summed E-state index contributed by atoms with van der Waals surface area (Å²) in [5.74, 6) is 0.381. The van der Waals surface area contributed by atoms with Crippen molar-refractivity contribution in [2.75, 3.05) is 20.7 Å². The molecule has 7 nitrogen and oxygen atoms in total. The summed E-state index contributed by atoms with van der Waals surface area (Å²) in [5.41, 5.74) is 2.34. The number of urea groups is 1. The molecule has 3 rings (SSSR count). The number of hydrogen-bond acceptors (Lipinski definition) is 4. The zero-order chi connectivity index (χ0) is 22.5. The van der Waals surface area contributed by atoms with Crippen molar-refractivity contribution >= 4 is 29.3 Å². The van der Waals surface area contributed by atoms with Gasteiger partial charge in [0.25, 0.3) is 5.91 Å². The summed E-state index contributed by atoms with van der Waals surface area (Å²) in [6.07, 6.45) is 0.484. The molecule has 1 aliphatic heterocycles. The molecule has 0 unspecified atom stereocenters. The highest BCUT2D eigenvalue weighted by molar-refractivity contribution is 6.34. The first-order valence-corrected chi connectivity index (χ1v) is 10.5. The lowest BCUT2D eigenvalue weighted by molar-refractivity contribution is -0.133. The number of amides is 3. The number of carbonyl (C=O) groups is 2. The molecular weight excluding hydrogens is 416 g/mol. The van der Waals surface area contributed by atoms with Crippen LogP contribution in [0.1, 0.15) is 37.4 Å². The molecule has 0 saturated heterocycles. The minimum atomic E-state index is -0.364. The quantitative estimate of drug-likeness (QED) is 0.732. The van der Waals surface area contributed by atoms with E-state index in [4.69, 9.17) is 16.3 Å². The molecule has 0 spiro atoms. The fourth-order valence-electron chi connectivity index (χ4n) is 3.49. The summed E-state index contributed by atoms with van der Waals surface area (Å²) < 4.78 is 5.52. The van der Waals surface area contributed by atoms with E-state index in [-0.39, 0.29) is 30.6 Å². The van der Waals surface area contributed by atoms with Crippen molar-refractivity contribution in [3.63, 3.8) is 0 Å². The van der Waals surface area contributed by atoms with Gasteiger partial charge in [-0.2, -0.15) is 5.10 Å². The van der Waals surface area contributed by atoms with Gasteiger partial charge < -0.3 is 15.0 Å². The third kappa shape index (κ3) is 5.17. The Hall–Kier alpha value is -3.06. The molecule has 0 aromatic heterocycles. The molecule has 1 atom stereocenters. The highest BCUT2D eigenvalue weighted by Gasteiger charge is 2.35. The van der Waals surface area contributed by atoms with Crippen molar-refractivity contribution in [3.05, 3.63) is 64.7 Å². The van der Waals surface area contributed by atoms with E-state index in [0.29, 0.717) is 22.9 Å². The predicted octanol–water partition coefficient (Wildman–Crippen LogP) is 4.08. The molecule has 1 aliphatic rings. The zero-order valence-electron chi connectivity index (χ0n) is 18.1. The maximum absolute atomic E-state index is 13.2. The second-order valence-electron chi connectivity index (χ2n) is 7.69. The molecule has 31 heavy (non-hydrogen) atoms. The topological polar surface area (TPSA) is 74.2 Å². The molecule has 8 heteroatoms. The number of hydrogen-bond donors (Lipinski definition) is 1. The number of likely N-dealkylation sites (N-methyl/N-ethyl adjacent to an activating group) is 1. The van der Waals surface area contributed by atoms with Crippen molar-refractivity contribution in [3.8, 4) is 5.75 Å². The molecule has 0 radical (unpaired) electrons. The Morgan fingerprint density at radius 3 is 2.58 bits per heavy atom. The van der Waals surface area contributed by atoms with Gasteiger partial charge in [-0.05, 0) is 26.0 Å². The molecule has 2 aromatic carbocycles. The Balaban J connectivity index is 1.92. The van der Waals surface area contributed by atoms with Crippen molar-refractivity contribution < 1.29 is 14.3 Å². The summed E-state index contributed by atoms with van der Waals surface area (Å²) in [6.45, 7) is 3.63. The van der Waals surface area contributed by atoms with E-state index in [1.165, 1.54) is 9.91 Å². The van der Waals surface area contributed by atoms with Crippen LogP contribution < -0.4 is 10.1 Å². The zero-order valence-corrected chi connectivity index (χ0v) is 18.9. The molecule has 1 heterocycles. The Morgan fingerprint density at radius 1 is 1.23 bits per heavy atom. The smallest absolute Gasteiger partial charge is 0.317 e. The van der Waals surface area contributed by atoms with Gasteiger partial charge in [-0.3, -0.25) is 4.79 Å². The van der Waals surface area contributed by atoms with Crippen LogP contribution in [0.3, 0.4) is 0 Å². The van der Waals surface area contributed by atoms with Crippen LogP contribution in [0.4, 0.5) is 4.79 Å². The predicted molar refractivity (Wildman–Crippen MR) is 121 cm³/mol. The van der Waals surface area contributed by atoms with Gasteiger partial charge >= 0.3 is 6.03 Å². The monoisotopic (exact) mass is 442 g/mol. The van der Waals surface area contributed by atoms with E-state index in [9.17, 15) is 9.59 Å². The van der Waals surface area contributed by atoms with Crippen LogP contribution in [0.2, 0.25) is 5.02 Å². The molecule has 2 aromatic rings. The summed E-state index contributed by atoms with van der Waals surface area (Å²) in [5, 5.41) is 9.42. The molecule has 0 aliphatic carbocycles. The molecule has 0 fully saturated rings. The maximum atomic E-state index is 13.2. The summed E-state index contributed by atoms with van der Waals surface area (Å²) in [4.78, 5) is 26.8. The average Bonchev–Trinajstić information content (AvgIpc) is 3.18. The van der Waals surface area contributed by atoms with E-state index < -0.39 is 0 Å². The lowest BCUT2D eigenvalue weighted by Crippen LogP contribution is -2.45. The van der Waals surface area contributed by atoms with Crippen LogP contribution in [0, 0.1) is 0 Å². The highest BCUT2D eigenvalue weighted by Crippen LogP contribution is 2.38. The Morgan fingerprint density at radius 2 is 1.90 bits per heavy atom. The second kappa shape index (κ2) is 9.83. The van der Waals surface area contributed by atoms with E-state index in [1.807, 2.05) is 56.3 Å². The van der Waals surface area contributed by atoms with Crippen LogP contribution in [0.5, 0.6) is 5.75 Å². The summed E-state index contributed by atoms with van der Waals surface area (Å²) >= 11 is 6.39. The number of para-hydroxylation sites is 1. The van der Waals surface area contributed by atoms with Crippen LogP contribution >= 0.6 is 11.6 Å².